The van der Waals surface area contributed by atoms with Crippen LogP contribution in [0.4, 0.5) is 0 Å². The summed E-state index contributed by atoms with van der Waals surface area (Å²) in [7, 11) is -3.31. The summed E-state index contributed by atoms with van der Waals surface area (Å²) in [6.45, 7) is 2.71. The van der Waals surface area contributed by atoms with E-state index >= 15 is 0 Å². The minimum absolute atomic E-state index is 0.225. The second-order valence-corrected chi connectivity index (χ2v) is 7.90. The SMILES string of the molecule is CCCCN(C1CC1)S(=O)(=O)c1cc(CCl)cs1. The van der Waals surface area contributed by atoms with E-state index in [2.05, 4.69) is 6.92 Å². The van der Waals surface area contributed by atoms with Gasteiger partial charge in [0.1, 0.15) is 4.21 Å². The van der Waals surface area contributed by atoms with Crippen LogP contribution in [-0.4, -0.2) is 25.3 Å². The summed E-state index contributed by atoms with van der Waals surface area (Å²) in [5, 5.41) is 1.82. The first-order valence-electron chi connectivity index (χ1n) is 6.24. The van der Waals surface area contributed by atoms with Gasteiger partial charge in [0.15, 0.2) is 0 Å². The van der Waals surface area contributed by atoms with E-state index in [0.29, 0.717) is 16.6 Å². The third-order valence-electron chi connectivity index (χ3n) is 3.03. The maximum Gasteiger partial charge on any atom is 0.252 e. The fourth-order valence-electron chi connectivity index (χ4n) is 1.85. The normalized spacial score (nSPS) is 16.4. The van der Waals surface area contributed by atoms with Crippen LogP contribution in [0.5, 0.6) is 0 Å². The van der Waals surface area contributed by atoms with Crippen molar-refractivity contribution in [1.29, 1.82) is 0 Å². The van der Waals surface area contributed by atoms with Crippen LogP contribution in [0.3, 0.4) is 0 Å². The Labute approximate surface area is 118 Å². The monoisotopic (exact) mass is 307 g/mol. The molecular formula is C12H18ClNO2S2. The Morgan fingerprint density at radius 2 is 2.22 bits per heavy atom. The maximum atomic E-state index is 12.5. The molecule has 0 bridgehead atoms. The Hall–Kier alpha value is -0.100. The highest BCUT2D eigenvalue weighted by Gasteiger charge is 2.38. The lowest BCUT2D eigenvalue weighted by atomic mass is 10.3. The van der Waals surface area contributed by atoms with Crippen molar-refractivity contribution in [3.8, 4) is 0 Å². The third-order valence-corrected chi connectivity index (χ3v) is 6.76. The first-order valence-corrected chi connectivity index (χ1v) is 9.10. The summed E-state index contributed by atoms with van der Waals surface area (Å²) in [4.78, 5) is 0. The lowest BCUT2D eigenvalue weighted by Gasteiger charge is -2.20. The van der Waals surface area contributed by atoms with E-state index < -0.39 is 10.0 Å². The van der Waals surface area contributed by atoms with Crippen molar-refractivity contribution in [3.05, 3.63) is 17.0 Å². The molecule has 0 N–H and O–H groups in total. The van der Waals surface area contributed by atoms with Crippen LogP contribution in [0.15, 0.2) is 15.7 Å². The summed E-state index contributed by atoms with van der Waals surface area (Å²) in [6.07, 6.45) is 3.92. The van der Waals surface area contributed by atoms with Gasteiger partial charge in [-0.3, -0.25) is 0 Å². The van der Waals surface area contributed by atoms with Crippen molar-refractivity contribution in [2.45, 2.75) is 48.7 Å². The summed E-state index contributed by atoms with van der Waals surface area (Å²) < 4.78 is 27.2. The molecule has 0 spiro atoms. The lowest BCUT2D eigenvalue weighted by molar-refractivity contribution is 0.397. The summed E-state index contributed by atoms with van der Waals surface area (Å²) in [5.41, 5.74) is 0.881. The van der Waals surface area contributed by atoms with E-state index in [1.165, 1.54) is 11.3 Å². The zero-order chi connectivity index (χ0) is 13.2. The van der Waals surface area contributed by atoms with Crippen LogP contribution >= 0.6 is 22.9 Å². The minimum Gasteiger partial charge on any atom is -0.206 e. The second-order valence-electron chi connectivity index (χ2n) is 4.61. The van der Waals surface area contributed by atoms with Gasteiger partial charge in [-0.25, -0.2) is 8.42 Å². The first kappa shape index (κ1) is 14.3. The number of hydrogen-bond acceptors (Lipinski definition) is 3. The predicted octanol–water partition coefficient (Wildman–Crippen LogP) is 3.44. The number of unbranched alkanes of at least 4 members (excludes halogenated alkanes) is 1. The van der Waals surface area contributed by atoms with Gasteiger partial charge in [-0.1, -0.05) is 13.3 Å². The van der Waals surface area contributed by atoms with Crippen molar-refractivity contribution in [3.63, 3.8) is 0 Å². The van der Waals surface area contributed by atoms with E-state index in [1.54, 1.807) is 10.4 Å². The second kappa shape index (κ2) is 5.90. The van der Waals surface area contributed by atoms with E-state index in [0.717, 1.165) is 31.2 Å². The van der Waals surface area contributed by atoms with Crippen LogP contribution < -0.4 is 0 Å². The molecule has 0 atom stereocenters. The molecule has 0 aromatic carbocycles. The van der Waals surface area contributed by atoms with Crippen molar-refractivity contribution in [1.82, 2.24) is 4.31 Å². The molecule has 3 nitrogen and oxygen atoms in total. The molecule has 1 aromatic rings. The fourth-order valence-corrected chi connectivity index (χ4v) is 5.16. The average Bonchev–Trinajstić information content (AvgIpc) is 3.05. The topological polar surface area (TPSA) is 37.4 Å². The molecule has 0 saturated heterocycles. The maximum absolute atomic E-state index is 12.5. The fraction of sp³-hybridized carbons (Fsp3) is 0.667. The quantitative estimate of drug-likeness (QED) is 0.724. The Morgan fingerprint density at radius 1 is 1.50 bits per heavy atom. The molecule has 1 aliphatic rings. The van der Waals surface area contributed by atoms with Crippen LogP contribution in [0.2, 0.25) is 0 Å². The molecule has 6 heteroatoms. The highest BCUT2D eigenvalue weighted by Crippen LogP contribution is 2.34. The van der Waals surface area contributed by atoms with E-state index in [1.807, 2.05) is 5.38 Å². The van der Waals surface area contributed by atoms with Gasteiger partial charge in [0.25, 0.3) is 10.0 Å². The van der Waals surface area contributed by atoms with Crippen molar-refractivity contribution >= 4 is 33.0 Å². The van der Waals surface area contributed by atoms with Crippen LogP contribution in [0.25, 0.3) is 0 Å². The molecular weight excluding hydrogens is 290 g/mol. The number of nitrogens with zero attached hydrogens (tertiary/aromatic N) is 1. The molecule has 1 aromatic heterocycles. The predicted molar refractivity (Wildman–Crippen MR) is 75.7 cm³/mol. The van der Waals surface area contributed by atoms with Crippen molar-refractivity contribution < 1.29 is 8.42 Å². The molecule has 1 heterocycles. The molecule has 0 aliphatic heterocycles. The van der Waals surface area contributed by atoms with Gasteiger partial charge in [0.05, 0.1) is 0 Å². The molecule has 1 saturated carbocycles. The number of alkyl halides is 1. The molecule has 0 amide bonds. The molecule has 18 heavy (non-hydrogen) atoms. The summed E-state index contributed by atoms with van der Waals surface area (Å²) in [5.74, 6) is 0.365. The van der Waals surface area contributed by atoms with Gasteiger partial charge in [-0.05, 0) is 36.3 Å². The van der Waals surface area contributed by atoms with E-state index in [-0.39, 0.29) is 6.04 Å². The number of hydrogen-bond donors (Lipinski definition) is 0. The Morgan fingerprint density at radius 3 is 2.72 bits per heavy atom. The van der Waals surface area contributed by atoms with Gasteiger partial charge in [-0.15, -0.1) is 22.9 Å². The van der Waals surface area contributed by atoms with Gasteiger partial charge >= 0.3 is 0 Å². The van der Waals surface area contributed by atoms with Gasteiger partial charge in [0, 0.05) is 18.5 Å². The molecule has 0 unspecified atom stereocenters. The minimum atomic E-state index is -3.31. The van der Waals surface area contributed by atoms with Gasteiger partial charge in [0.2, 0.25) is 0 Å². The molecule has 2 rings (SSSR count). The number of halogens is 1. The zero-order valence-electron chi connectivity index (χ0n) is 10.4. The summed E-state index contributed by atoms with van der Waals surface area (Å²) in [6, 6.07) is 1.93. The zero-order valence-corrected chi connectivity index (χ0v) is 12.8. The van der Waals surface area contributed by atoms with Gasteiger partial charge in [-0.2, -0.15) is 4.31 Å². The largest absolute Gasteiger partial charge is 0.252 e. The Bertz CT molecular complexity index is 494. The first-order chi connectivity index (χ1) is 8.59. The molecule has 1 fully saturated rings. The van der Waals surface area contributed by atoms with Crippen LogP contribution in [-0.2, 0) is 15.9 Å². The number of rotatable bonds is 7. The third kappa shape index (κ3) is 3.07. The van der Waals surface area contributed by atoms with Gasteiger partial charge < -0.3 is 0 Å². The van der Waals surface area contributed by atoms with Crippen molar-refractivity contribution in [2.24, 2.45) is 0 Å². The Kier molecular flexibility index (Phi) is 4.69. The van der Waals surface area contributed by atoms with Crippen LogP contribution in [0, 0.1) is 0 Å². The number of thiophene rings is 1. The molecule has 102 valence electrons. The lowest BCUT2D eigenvalue weighted by Crippen LogP contribution is -2.33. The van der Waals surface area contributed by atoms with Crippen molar-refractivity contribution in [2.75, 3.05) is 6.54 Å². The standard InChI is InChI=1S/C12H18ClNO2S2/c1-2-3-6-14(11-4-5-11)18(15,16)12-7-10(8-13)9-17-12/h7,9,11H,2-6,8H2,1H3. The number of sulfonamides is 1. The smallest absolute Gasteiger partial charge is 0.206 e. The summed E-state index contributed by atoms with van der Waals surface area (Å²) >= 11 is 7.00. The molecule has 1 aliphatic carbocycles. The highest BCUT2D eigenvalue weighted by atomic mass is 35.5. The highest BCUT2D eigenvalue weighted by molar-refractivity contribution is 7.91. The Balaban J connectivity index is 2.21. The molecule has 0 radical (unpaired) electrons. The van der Waals surface area contributed by atoms with E-state index in [9.17, 15) is 8.42 Å². The average molecular weight is 308 g/mol. The van der Waals surface area contributed by atoms with Crippen LogP contribution in [0.1, 0.15) is 38.2 Å². The van der Waals surface area contributed by atoms with E-state index in [4.69, 9.17) is 11.6 Å².